The number of anilines is 1. The molecule has 1 atom stereocenters. The highest BCUT2D eigenvalue weighted by atomic mass is 35.5. The molecule has 1 unspecified atom stereocenters. The van der Waals surface area contributed by atoms with Gasteiger partial charge in [-0.3, -0.25) is 4.79 Å². The van der Waals surface area contributed by atoms with E-state index in [0.29, 0.717) is 22.7 Å². The second kappa shape index (κ2) is 7.45. The monoisotopic (exact) mass is 449 g/mol. The fourth-order valence-corrected chi connectivity index (χ4v) is 5.12. The molecule has 0 aromatic heterocycles. The van der Waals surface area contributed by atoms with Gasteiger partial charge in [-0.15, -0.1) is 0 Å². The van der Waals surface area contributed by atoms with Crippen molar-refractivity contribution in [1.82, 2.24) is 0 Å². The summed E-state index contributed by atoms with van der Waals surface area (Å²) in [5.74, 6) is -0.358. The van der Waals surface area contributed by atoms with E-state index in [1.54, 1.807) is 29.2 Å². The van der Waals surface area contributed by atoms with E-state index >= 15 is 0 Å². The van der Waals surface area contributed by atoms with Crippen molar-refractivity contribution in [3.63, 3.8) is 0 Å². The van der Waals surface area contributed by atoms with E-state index in [1.165, 1.54) is 0 Å². The topological polar surface area (TPSA) is 40.5 Å². The average Bonchev–Trinajstić information content (AvgIpc) is 3.07. The Balaban J connectivity index is 1.55. The zero-order chi connectivity index (χ0) is 22.6. The van der Waals surface area contributed by atoms with Crippen molar-refractivity contribution in [2.45, 2.75) is 12.1 Å². The third-order valence-corrected chi connectivity index (χ3v) is 6.85. The molecule has 1 heterocycles. The molecule has 0 spiro atoms. The number of aliphatic hydroxyl groups is 1. The van der Waals surface area contributed by atoms with Crippen LogP contribution >= 0.6 is 11.6 Å². The third-order valence-electron chi connectivity index (χ3n) is 6.60. The predicted octanol–water partition coefficient (Wildman–Crippen LogP) is 6.43. The van der Waals surface area contributed by atoms with Gasteiger partial charge in [0.05, 0.1) is 12.2 Å². The Bertz CT molecular complexity index is 1490. The molecule has 33 heavy (non-hydrogen) atoms. The van der Waals surface area contributed by atoms with Crippen LogP contribution < -0.4 is 4.90 Å². The number of benzene rings is 5. The number of carbonyl (C=O) groups is 1. The number of rotatable bonds is 3. The van der Waals surface area contributed by atoms with E-state index in [1.807, 2.05) is 48.5 Å². The molecule has 0 radical (unpaired) electrons. The average molecular weight is 450 g/mol. The number of amides is 1. The largest absolute Gasteiger partial charge is 0.372 e. The highest BCUT2D eigenvalue weighted by molar-refractivity contribution is 6.30. The highest BCUT2D eigenvalue weighted by Crippen LogP contribution is 2.46. The minimum atomic E-state index is -1.76. The Morgan fingerprint density at radius 2 is 1.33 bits per heavy atom. The van der Waals surface area contributed by atoms with Gasteiger partial charge in [0.25, 0.3) is 5.91 Å². The molecule has 0 bridgehead atoms. The Labute approximate surface area is 196 Å². The maximum Gasteiger partial charge on any atom is 0.268 e. The van der Waals surface area contributed by atoms with Crippen LogP contribution in [0.15, 0.2) is 103 Å². The van der Waals surface area contributed by atoms with Gasteiger partial charge in [0, 0.05) is 10.6 Å². The number of para-hydroxylation sites is 1. The molecule has 1 aliphatic rings. The molecule has 1 amide bonds. The molecular formula is C29H20ClNO2. The fourth-order valence-electron chi connectivity index (χ4n) is 5.00. The summed E-state index contributed by atoms with van der Waals surface area (Å²) in [5.41, 5.74) is 1.11. The molecule has 0 saturated heterocycles. The van der Waals surface area contributed by atoms with E-state index in [2.05, 4.69) is 30.3 Å². The Morgan fingerprint density at radius 3 is 2.00 bits per heavy atom. The lowest BCUT2D eigenvalue weighted by atomic mass is 9.87. The van der Waals surface area contributed by atoms with Gasteiger partial charge in [-0.25, -0.2) is 0 Å². The summed E-state index contributed by atoms with van der Waals surface area (Å²) in [5, 5.41) is 16.8. The summed E-state index contributed by atoms with van der Waals surface area (Å²) >= 11 is 6.07. The van der Waals surface area contributed by atoms with Gasteiger partial charge in [0.15, 0.2) is 5.60 Å². The number of halogens is 1. The molecule has 0 saturated carbocycles. The van der Waals surface area contributed by atoms with Crippen molar-refractivity contribution >= 4 is 44.7 Å². The SMILES string of the molecule is O=C1N(Cc2c3ccccc3cc3ccccc23)c2ccccc2C1(O)c1ccc(Cl)cc1. The van der Waals surface area contributed by atoms with Crippen molar-refractivity contribution in [3.05, 3.63) is 125 Å². The zero-order valence-corrected chi connectivity index (χ0v) is 18.5. The molecule has 1 aliphatic heterocycles. The maximum atomic E-state index is 13.9. The Hall–Kier alpha value is -3.66. The van der Waals surface area contributed by atoms with Crippen LogP contribution in [0.4, 0.5) is 5.69 Å². The fraction of sp³-hybridized carbons (Fsp3) is 0.0690. The van der Waals surface area contributed by atoms with Crippen LogP contribution in [0.1, 0.15) is 16.7 Å². The van der Waals surface area contributed by atoms with E-state index in [0.717, 1.165) is 32.8 Å². The lowest BCUT2D eigenvalue weighted by molar-refractivity contribution is -0.132. The first-order chi connectivity index (χ1) is 16.1. The van der Waals surface area contributed by atoms with Crippen molar-refractivity contribution in [3.8, 4) is 0 Å². The maximum absolute atomic E-state index is 13.9. The minimum Gasteiger partial charge on any atom is -0.372 e. The summed E-state index contributed by atoms with van der Waals surface area (Å²) < 4.78 is 0. The summed E-state index contributed by atoms with van der Waals surface area (Å²) in [4.78, 5) is 15.6. The Morgan fingerprint density at radius 1 is 0.758 bits per heavy atom. The van der Waals surface area contributed by atoms with Crippen LogP contribution in [0, 0.1) is 0 Å². The molecule has 5 aromatic carbocycles. The number of fused-ring (bicyclic) bond motifs is 3. The number of carbonyl (C=O) groups excluding carboxylic acids is 1. The van der Waals surface area contributed by atoms with Gasteiger partial charge in [-0.1, -0.05) is 90.5 Å². The van der Waals surface area contributed by atoms with Crippen molar-refractivity contribution in [2.24, 2.45) is 0 Å². The van der Waals surface area contributed by atoms with Crippen molar-refractivity contribution in [1.29, 1.82) is 0 Å². The van der Waals surface area contributed by atoms with Crippen LogP contribution in [0.3, 0.4) is 0 Å². The lowest BCUT2D eigenvalue weighted by Gasteiger charge is -2.24. The number of hydrogen-bond donors (Lipinski definition) is 1. The first kappa shape index (κ1) is 20.0. The van der Waals surface area contributed by atoms with E-state index in [-0.39, 0.29) is 5.91 Å². The van der Waals surface area contributed by atoms with Crippen molar-refractivity contribution in [2.75, 3.05) is 4.90 Å². The lowest BCUT2D eigenvalue weighted by Crippen LogP contribution is -2.40. The third kappa shape index (κ3) is 2.97. The molecule has 4 heteroatoms. The van der Waals surface area contributed by atoms with Gasteiger partial charge in [0.1, 0.15) is 0 Å². The predicted molar refractivity (Wildman–Crippen MR) is 134 cm³/mol. The van der Waals surface area contributed by atoms with Crippen LogP contribution in [0.2, 0.25) is 5.02 Å². The van der Waals surface area contributed by atoms with Crippen LogP contribution in [-0.2, 0) is 16.9 Å². The van der Waals surface area contributed by atoms with E-state index in [4.69, 9.17) is 11.6 Å². The number of hydrogen-bond acceptors (Lipinski definition) is 2. The second-order valence-corrected chi connectivity index (χ2v) is 8.86. The smallest absolute Gasteiger partial charge is 0.268 e. The molecular weight excluding hydrogens is 430 g/mol. The van der Waals surface area contributed by atoms with Gasteiger partial charge in [-0.05, 0) is 56.9 Å². The van der Waals surface area contributed by atoms with Crippen LogP contribution in [0.25, 0.3) is 21.5 Å². The molecule has 160 valence electrons. The van der Waals surface area contributed by atoms with Gasteiger partial charge >= 0.3 is 0 Å². The molecule has 0 aliphatic carbocycles. The van der Waals surface area contributed by atoms with Crippen LogP contribution in [-0.4, -0.2) is 11.0 Å². The molecule has 5 aromatic rings. The van der Waals surface area contributed by atoms with Crippen LogP contribution in [0.5, 0.6) is 0 Å². The summed E-state index contributed by atoms with van der Waals surface area (Å²) in [6, 6.07) is 32.9. The summed E-state index contributed by atoms with van der Waals surface area (Å²) in [6.07, 6.45) is 0. The summed E-state index contributed by atoms with van der Waals surface area (Å²) in [6.45, 7) is 0.355. The first-order valence-electron chi connectivity index (χ1n) is 10.9. The molecule has 6 rings (SSSR count). The standard InChI is InChI=1S/C29H20ClNO2/c30-22-15-13-21(14-16-22)29(33)26-11-5-6-12-27(26)31(28(29)32)18-25-23-9-3-1-7-19(23)17-20-8-2-4-10-24(20)25/h1-17,33H,18H2. The first-order valence-corrected chi connectivity index (χ1v) is 11.2. The Kier molecular flexibility index (Phi) is 4.51. The minimum absolute atomic E-state index is 0.355. The molecule has 0 fully saturated rings. The quantitative estimate of drug-likeness (QED) is 0.322. The van der Waals surface area contributed by atoms with Crippen molar-refractivity contribution < 1.29 is 9.90 Å². The highest BCUT2D eigenvalue weighted by Gasteiger charge is 2.51. The van der Waals surface area contributed by atoms with Gasteiger partial charge in [-0.2, -0.15) is 0 Å². The van der Waals surface area contributed by atoms with Gasteiger partial charge < -0.3 is 10.0 Å². The van der Waals surface area contributed by atoms with E-state index in [9.17, 15) is 9.90 Å². The zero-order valence-electron chi connectivity index (χ0n) is 17.7. The molecule has 1 N–H and O–H groups in total. The van der Waals surface area contributed by atoms with E-state index < -0.39 is 5.60 Å². The molecule has 3 nitrogen and oxygen atoms in total. The summed E-state index contributed by atoms with van der Waals surface area (Å²) in [7, 11) is 0. The van der Waals surface area contributed by atoms with Gasteiger partial charge in [0.2, 0.25) is 0 Å². The number of nitrogens with zero attached hydrogens (tertiary/aromatic N) is 1. The second-order valence-electron chi connectivity index (χ2n) is 8.42. The normalized spacial score (nSPS) is 17.6.